The van der Waals surface area contributed by atoms with Crippen LogP contribution in [0.3, 0.4) is 0 Å². The number of amides is 2. The van der Waals surface area contributed by atoms with Crippen molar-refractivity contribution >= 4 is 17.5 Å². The van der Waals surface area contributed by atoms with E-state index in [4.69, 9.17) is 0 Å². The summed E-state index contributed by atoms with van der Waals surface area (Å²) in [5.74, 6) is 0.445. The van der Waals surface area contributed by atoms with Crippen LogP contribution >= 0.6 is 0 Å². The summed E-state index contributed by atoms with van der Waals surface area (Å²) in [6.07, 6.45) is 1.49. The molecule has 1 N–H and O–H groups in total. The van der Waals surface area contributed by atoms with Crippen molar-refractivity contribution in [2.75, 3.05) is 11.4 Å². The van der Waals surface area contributed by atoms with Crippen molar-refractivity contribution in [3.8, 4) is 0 Å². The molecular formula is C16H22N2O2. The van der Waals surface area contributed by atoms with E-state index in [1.807, 2.05) is 19.1 Å². The number of rotatable bonds is 4. The summed E-state index contributed by atoms with van der Waals surface area (Å²) < 4.78 is 0. The molecule has 4 nitrogen and oxygen atoms in total. The van der Waals surface area contributed by atoms with E-state index in [1.54, 1.807) is 17.0 Å². The first-order chi connectivity index (χ1) is 9.49. The van der Waals surface area contributed by atoms with Gasteiger partial charge in [0.2, 0.25) is 5.91 Å². The lowest BCUT2D eigenvalue weighted by molar-refractivity contribution is -0.117. The molecule has 20 heavy (non-hydrogen) atoms. The first kappa shape index (κ1) is 14.6. The van der Waals surface area contributed by atoms with E-state index < -0.39 is 0 Å². The number of carbonyl (C=O) groups excluding carboxylic acids is 2. The molecule has 1 atom stereocenters. The quantitative estimate of drug-likeness (QED) is 0.917. The molecule has 0 spiro atoms. The Bertz CT molecular complexity index is 511. The van der Waals surface area contributed by atoms with Crippen LogP contribution < -0.4 is 10.2 Å². The van der Waals surface area contributed by atoms with Gasteiger partial charge in [0.15, 0.2) is 0 Å². The monoisotopic (exact) mass is 274 g/mol. The van der Waals surface area contributed by atoms with Gasteiger partial charge in [0.25, 0.3) is 5.91 Å². The van der Waals surface area contributed by atoms with E-state index in [2.05, 4.69) is 19.2 Å². The molecule has 0 radical (unpaired) electrons. The van der Waals surface area contributed by atoms with Gasteiger partial charge >= 0.3 is 0 Å². The molecule has 0 bridgehead atoms. The summed E-state index contributed by atoms with van der Waals surface area (Å²) in [4.78, 5) is 25.7. The van der Waals surface area contributed by atoms with Crippen molar-refractivity contribution in [2.45, 2.75) is 39.7 Å². The summed E-state index contributed by atoms with van der Waals surface area (Å²) >= 11 is 0. The highest BCUT2D eigenvalue weighted by Gasteiger charge is 2.22. The molecule has 1 aliphatic rings. The van der Waals surface area contributed by atoms with Gasteiger partial charge < -0.3 is 10.2 Å². The van der Waals surface area contributed by atoms with Crippen LogP contribution in [0.25, 0.3) is 0 Å². The van der Waals surface area contributed by atoms with Gasteiger partial charge in [-0.3, -0.25) is 9.59 Å². The third-order valence-electron chi connectivity index (χ3n) is 3.85. The minimum Gasteiger partial charge on any atom is -0.349 e. The van der Waals surface area contributed by atoms with E-state index in [9.17, 15) is 9.59 Å². The standard InChI is InChI=1S/C16H22N2O2/c1-11(2)12(3)17-16(20)13-6-4-7-14(10-13)18-9-5-8-15(18)19/h4,6-7,10-12H,5,8-9H2,1-3H3,(H,17,20). The summed E-state index contributed by atoms with van der Waals surface area (Å²) in [6, 6.07) is 7.42. The second kappa shape index (κ2) is 6.07. The molecule has 4 heteroatoms. The number of nitrogens with one attached hydrogen (secondary N) is 1. The smallest absolute Gasteiger partial charge is 0.251 e. The Morgan fingerprint density at radius 2 is 2.05 bits per heavy atom. The fraction of sp³-hybridized carbons (Fsp3) is 0.500. The molecule has 1 saturated heterocycles. The van der Waals surface area contributed by atoms with Crippen LogP contribution in [0.1, 0.15) is 44.0 Å². The van der Waals surface area contributed by atoms with Crippen molar-refractivity contribution in [1.29, 1.82) is 0 Å². The van der Waals surface area contributed by atoms with Crippen LogP contribution in [0.2, 0.25) is 0 Å². The maximum atomic E-state index is 12.2. The summed E-state index contributed by atoms with van der Waals surface area (Å²) in [5.41, 5.74) is 1.42. The number of anilines is 1. The van der Waals surface area contributed by atoms with E-state index in [1.165, 1.54) is 0 Å². The Kier molecular flexibility index (Phi) is 4.42. The van der Waals surface area contributed by atoms with E-state index in [0.29, 0.717) is 17.9 Å². The second-order valence-corrected chi connectivity index (χ2v) is 5.71. The van der Waals surface area contributed by atoms with Gasteiger partial charge in [0.05, 0.1) is 0 Å². The largest absolute Gasteiger partial charge is 0.349 e. The Balaban J connectivity index is 2.13. The maximum absolute atomic E-state index is 12.2. The summed E-state index contributed by atoms with van der Waals surface area (Å²) in [6.45, 7) is 6.89. The fourth-order valence-corrected chi connectivity index (χ4v) is 2.19. The Hall–Kier alpha value is -1.84. The van der Waals surface area contributed by atoms with Gasteiger partial charge in [0, 0.05) is 30.3 Å². The van der Waals surface area contributed by atoms with Crippen molar-refractivity contribution < 1.29 is 9.59 Å². The lowest BCUT2D eigenvalue weighted by atomic mass is 10.1. The van der Waals surface area contributed by atoms with Crippen LogP contribution in [-0.2, 0) is 4.79 Å². The van der Waals surface area contributed by atoms with Crippen molar-refractivity contribution in [1.82, 2.24) is 5.32 Å². The van der Waals surface area contributed by atoms with Gasteiger partial charge in [-0.15, -0.1) is 0 Å². The Morgan fingerprint density at radius 1 is 1.30 bits per heavy atom. The molecule has 1 unspecified atom stereocenters. The molecule has 0 aliphatic carbocycles. The predicted molar refractivity (Wildman–Crippen MR) is 79.8 cm³/mol. The zero-order chi connectivity index (χ0) is 14.7. The van der Waals surface area contributed by atoms with Crippen LogP contribution in [0.4, 0.5) is 5.69 Å². The van der Waals surface area contributed by atoms with Gasteiger partial charge in [0.1, 0.15) is 0 Å². The van der Waals surface area contributed by atoms with Gasteiger partial charge in [-0.1, -0.05) is 19.9 Å². The number of hydrogen-bond acceptors (Lipinski definition) is 2. The van der Waals surface area contributed by atoms with Gasteiger partial charge in [-0.25, -0.2) is 0 Å². The minimum atomic E-state index is -0.0836. The number of carbonyl (C=O) groups is 2. The van der Waals surface area contributed by atoms with Crippen molar-refractivity contribution in [3.63, 3.8) is 0 Å². The SMILES string of the molecule is CC(C)C(C)NC(=O)c1cccc(N2CCCC2=O)c1. The average Bonchev–Trinajstić information content (AvgIpc) is 2.85. The van der Waals surface area contributed by atoms with Crippen LogP contribution in [0, 0.1) is 5.92 Å². The Labute approximate surface area is 120 Å². The van der Waals surface area contributed by atoms with Crippen molar-refractivity contribution in [2.24, 2.45) is 5.92 Å². The molecule has 1 fully saturated rings. The molecule has 1 aromatic rings. The topological polar surface area (TPSA) is 49.4 Å². The molecule has 1 aliphatic heterocycles. The predicted octanol–water partition coefficient (Wildman–Crippen LogP) is 2.59. The van der Waals surface area contributed by atoms with Crippen LogP contribution in [0.15, 0.2) is 24.3 Å². The first-order valence-electron chi connectivity index (χ1n) is 7.20. The molecule has 0 saturated carbocycles. The molecular weight excluding hydrogens is 252 g/mol. The average molecular weight is 274 g/mol. The normalized spacial score (nSPS) is 16.6. The highest BCUT2D eigenvalue weighted by atomic mass is 16.2. The number of benzene rings is 1. The van der Waals surface area contributed by atoms with E-state index in [0.717, 1.165) is 18.7 Å². The van der Waals surface area contributed by atoms with Gasteiger partial charge in [-0.05, 0) is 37.5 Å². The molecule has 108 valence electrons. The summed E-state index contributed by atoms with van der Waals surface area (Å²) in [5, 5.41) is 2.98. The molecule has 0 aromatic heterocycles. The lowest BCUT2D eigenvalue weighted by Gasteiger charge is -2.19. The Morgan fingerprint density at radius 3 is 2.65 bits per heavy atom. The minimum absolute atomic E-state index is 0.0836. The lowest BCUT2D eigenvalue weighted by Crippen LogP contribution is -2.36. The number of hydrogen-bond donors (Lipinski definition) is 1. The molecule has 2 amide bonds. The number of nitrogens with zero attached hydrogens (tertiary/aromatic N) is 1. The summed E-state index contributed by atoms with van der Waals surface area (Å²) in [7, 11) is 0. The van der Waals surface area contributed by atoms with E-state index >= 15 is 0 Å². The third-order valence-corrected chi connectivity index (χ3v) is 3.85. The highest BCUT2D eigenvalue weighted by molar-refractivity contribution is 5.99. The molecule has 1 aromatic carbocycles. The van der Waals surface area contributed by atoms with E-state index in [-0.39, 0.29) is 17.9 Å². The van der Waals surface area contributed by atoms with Crippen molar-refractivity contribution in [3.05, 3.63) is 29.8 Å². The molecule has 1 heterocycles. The van der Waals surface area contributed by atoms with Crippen LogP contribution in [-0.4, -0.2) is 24.4 Å². The fourth-order valence-electron chi connectivity index (χ4n) is 2.19. The zero-order valence-corrected chi connectivity index (χ0v) is 12.3. The third kappa shape index (κ3) is 3.18. The van der Waals surface area contributed by atoms with Crippen LogP contribution in [0.5, 0.6) is 0 Å². The molecule has 2 rings (SSSR count). The maximum Gasteiger partial charge on any atom is 0.251 e. The second-order valence-electron chi connectivity index (χ2n) is 5.71. The highest BCUT2D eigenvalue weighted by Crippen LogP contribution is 2.22. The zero-order valence-electron chi connectivity index (χ0n) is 12.3. The first-order valence-corrected chi connectivity index (χ1v) is 7.20. The van der Waals surface area contributed by atoms with Gasteiger partial charge in [-0.2, -0.15) is 0 Å².